The second-order valence-electron chi connectivity index (χ2n) is 3.99. The number of phenols is 1. The number of rotatable bonds is 3. The van der Waals surface area contributed by atoms with Gasteiger partial charge < -0.3 is 10.8 Å². The molecule has 5 nitrogen and oxygen atoms in total. The lowest BCUT2D eigenvalue weighted by molar-refractivity contribution is 0.475. The van der Waals surface area contributed by atoms with Gasteiger partial charge in [0.05, 0.1) is 11.9 Å². The molecule has 1 aromatic carbocycles. The van der Waals surface area contributed by atoms with E-state index in [1.54, 1.807) is 30.5 Å². The van der Waals surface area contributed by atoms with Crippen LogP contribution in [0.5, 0.6) is 5.75 Å². The number of aromatic hydroxyl groups is 1. The molecule has 5 heteroatoms. The smallest absolute Gasteiger partial charge is 0.153 e. The maximum atomic E-state index is 9.21. The number of hydrogen-bond acceptors (Lipinski definition) is 5. The topological polar surface area (TPSA) is 84.9 Å². The van der Waals surface area contributed by atoms with Gasteiger partial charge in [-0.25, -0.2) is 4.98 Å². The summed E-state index contributed by atoms with van der Waals surface area (Å²) in [5, 5.41) is 17.1. The van der Waals surface area contributed by atoms with Crippen molar-refractivity contribution in [2.24, 2.45) is 5.73 Å². The molecule has 1 unspecified atom stereocenters. The Balaban J connectivity index is 2.29. The molecule has 0 aliphatic carbocycles. The molecule has 0 fully saturated rings. The fraction of sp³-hybridized carbons (Fsp3) is 0.250. The Hall–Kier alpha value is -2.01. The van der Waals surface area contributed by atoms with Crippen LogP contribution in [0.1, 0.15) is 12.7 Å². The minimum Gasteiger partial charge on any atom is -0.508 e. The highest BCUT2D eigenvalue weighted by atomic mass is 16.3. The van der Waals surface area contributed by atoms with Crippen molar-refractivity contribution in [2.75, 3.05) is 0 Å². The third-order valence-electron chi connectivity index (χ3n) is 2.27. The van der Waals surface area contributed by atoms with E-state index in [0.29, 0.717) is 12.2 Å². The van der Waals surface area contributed by atoms with Crippen molar-refractivity contribution < 1.29 is 5.11 Å². The van der Waals surface area contributed by atoms with Gasteiger partial charge in [0, 0.05) is 18.0 Å². The van der Waals surface area contributed by atoms with Crippen molar-refractivity contribution in [1.82, 2.24) is 15.2 Å². The lowest BCUT2D eigenvalue weighted by atomic mass is 10.1. The molecule has 1 aromatic heterocycles. The third-order valence-corrected chi connectivity index (χ3v) is 2.27. The van der Waals surface area contributed by atoms with Crippen LogP contribution in [0.25, 0.3) is 11.3 Å². The van der Waals surface area contributed by atoms with Crippen LogP contribution in [-0.4, -0.2) is 26.3 Å². The summed E-state index contributed by atoms with van der Waals surface area (Å²) < 4.78 is 0. The van der Waals surface area contributed by atoms with Crippen molar-refractivity contribution in [3.63, 3.8) is 0 Å². The summed E-state index contributed by atoms with van der Waals surface area (Å²) in [6.45, 7) is 1.90. The first-order valence-electron chi connectivity index (χ1n) is 5.39. The zero-order valence-electron chi connectivity index (χ0n) is 9.54. The van der Waals surface area contributed by atoms with Crippen LogP contribution in [0.3, 0.4) is 0 Å². The fourth-order valence-corrected chi connectivity index (χ4v) is 1.49. The van der Waals surface area contributed by atoms with E-state index >= 15 is 0 Å². The molecule has 1 atom stereocenters. The van der Waals surface area contributed by atoms with Crippen LogP contribution in [0.4, 0.5) is 0 Å². The predicted molar refractivity (Wildman–Crippen MR) is 64.3 cm³/mol. The Kier molecular flexibility index (Phi) is 3.30. The number of nitrogens with two attached hydrogens (primary N) is 1. The fourth-order valence-electron chi connectivity index (χ4n) is 1.49. The minimum absolute atomic E-state index is 0.00636. The highest BCUT2D eigenvalue weighted by molar-refractivity contribution is 5.58. The third kappa shape index (κ3) is 2.98. The van der Waals surface area contributed by atoms with E-state index in [4.69, 9.17) is 5.73 Å². The maximum Gasteiger partial charge on any atom is 0.153 e. The molecule has 0 radical (unpaired) electrons. The standard InChI is InChI=1S/C12H14N4O/c1-8(13)6-12-15-11(7-14-16-12)9-2-4-10(17)5-3-9/h2-5,7-8,17H,6,13H2,1H3. The number of benzene rings is 1. The van der Waals surface area contributed by atoms with Crippen molar-refractivity contribution in [3.05, 3.63) is 36.3 Å². The van der Waals surface area contributed by atoms with E-state index in [0.717, 1.165) is 11.3 Å². The van der Waals surface area contributed by atoms with Crippen LogP contribution < -0.4 is 5.73 Å². The van der Waals surface area contributed by atoms with Crippen molar-refractivity contribution in [2.45, 2.75) is 19.4 Å². The normalized spacial score (nSPS) is 12.4. The first kappa shape index (κ1) is 11.5. The van der Waals surface area contributed by atoms with Gasteiger partial charge in [-0.1, -0.05) is 0 Å². The molecule has 17 heavy (non-hydrogen) atoms. The minimum atomic E-state index is 0.00636. The molecule has 0 saturated heterocycles. The van der Waals surface area contributed by atoms with Crippen molar-refractivity contribution in [3.8, 4) is 17.0 Å². The van der Waals surface area contributed by atoms with Gasteiger partial charge in [-0.3, -0.25) is 0 Å². The van der Waals surface area contributed by atoms with E-state index in [-0.39, 0.29) is 11.8 Å². The van der Waals surface area contributed by atoms with Gasteiger partial charge in [-0.2, -0.15) is 5.10 Å². The molecule has 0 amide bonds. The highest BCUT2D eigenvalue weighted by Crippen LogP contribution is 2.19. The molecule has 0 aliphatic heterocycles. The molecule has 2 aromatic rings. The van der Waals surface area contributed by atoms with E-state index in [9.17, 15) is 5.11 Å². The summed E-state index contributed by atoms with van der Waals surface area (Å²) in [7, 11) is 0. The van der Waals surface area contributed by atoms with Gasteiger partial charge in [0.1, 0.15) is 5.75 Å². The summed E-state index contributed by atoms with van der Waals surface area (Å²) in [5.74, 6) is 0.858. The van der Waals surface area contributed by atoms with Gasteiger partial charge in [0.25, 0.3) is 0 Å². The quantitative estimate of drug-likeness (QED) is 0.825. The van der Waals surface area contributed by atoms with Gasteiger partial charge in [0.2, 0.25) is 0 Å². The molecule has 88 valence electrons. The summed E-state index contributed by atoms with van der Waals surface area (Å²) in [4.78, 5) is 4.38. The predicted octanol–water partition coefficient (Wildman–Crippen LogP) is 1.13. The summed E-state index contributed by atoms with van der Waals surface area (Å²) in [6, 6.07) is 6.81. The van der Waals surface area contributed by atoms with Crippen LogP contribution in [0, 0.1) is 0 Å². The second kappa shape index (κ2) is 4.88. The van der Waals surface area contributed by atoms with Crippen molar-refractivity contribution in [1.29, 1.82) is 0 Å². The van der Waals surface area contributed by atoms with Crippen LogP contribution in [-0.2, 0) is 6.42 Å². The molecule has 1 heterocycles. The monoisotopic (exact) mass is 230 g/mol. The van der Waals surface area contributed by atoms with Crippen LogP contribution in [0.15, 0.2) is 30.5 Å². The lowest BCUT2D eigenvalue weighted by Crippen LogP contribution is -2.19. The molecular weight excluding hydrogens is 216 g/mol. The van der Waals surface area contributed by atoms with E-state index in [2.05, 4.69) is 15.2 Å². The van der Waals surface area contributed by atoms with Crippen LogP contribution in [0.2, 0.25) is 0 Å². The van der Waals surface area contributed by atoms with Crippen LogP contribution >= 0.6 is 0 Å². The average Bonchev–Trinajstić information content (AvgIpc) is 2.29. The zero-order valence-corrected chi connectivity index (χ0v) is 9.54. The largest absolute Gasteiger partial charge is 0.508 e. The Morgan fingerprint density at radius 3 is 2.65 bits per heavy atom. The summed E-state index contributed by atoms with van der Waals surface area (Å²) >= 11 is 0. The Bertz CT molecular complexity index is 496. The Labute approximate surface area is 99.3 Å². The van der Waals surface area contributed by atoms with E-state index in [1.807, 2.05) is 6.92 Å². The maximum absolute atomic E-state index is 9.21. The SMILES string of the molecule is CC(N)Cc1nncc(-c2ccc(O)cc2)n1. The number of nitrogens with zero attached hydrogens (tertiary/aromatic N) is 3. The molecule has 2 rings (SSSR count). The van der Waals surface area contributed by atoms with Gasteiger partial charge in [-0.15, -0.1) is 5.10 Å². The summed E-state index contributed by atoms with van der Waals surface area (Å²) in [5.41, 5.74) is 7.32. The molecule has 0 spiro atoms. The molecule has 3 N–H and O–H groups in total. The number of phenolic OH excluding ortho intramolecular Hbond substituents is 1. The van der Waals surface area contributed by atoms with Gasteiger partial charge in [-0.05, 0) is 31.2 Å². The van der Waals surface area contributed by atoms with Gasteiger partial charge >= 0.3 is 0 Å². The lowest BCUT2D eigenvalue weighted by Gasteiger charge is -2.05. The number of hydrogen-bond donors (Lipinski definition) is 2. The highest BCUT2D eigenvalue weighted by Gasteiger charge is 2.05. The number of aromatic nitrogens is 3. The average molecular weight is 230 g/mol. The van der Waals surface area contributed by atoms with Gasteiger partial charge in [0.15, 0.2) is 5.82 Å². The molecule has 0 saturated carbocycles. The van der Waals surface area contributed by atoms with E-state index in [1.165, 1.54) is 0 Å². The molecular formula is C12H14N4O. The summed E-state index contributed by atoms with van der Waals surface area (Å²) in [6.07, 6.45) is 2.19. The second-order valence-corrected chi connectivity index (χ2v) is 3.99. The Morgan fingerprint density at radius 2 is 2.00 bits per heavy atom. The molecule has 0 bridgehead atoms. The molecule has 0 aliphatic rings. The Morgan fingerprint density at radius 1 is 1.29 bits per heavy atom. The van der Waals surface area contributed by atoms with Crippen molar-refractivity contribution >= 4 is 0 Å². The van der Waals surface area contributed by atoms with E-state index < -0.39 is 0 Å². The first-order valence-corrected chi connectivity index (χ1v) is 5.39. The first-order chi connectivity index (χ1) is 8.15. The zero-order chi connectivity index (χ0) is 12.3.